The zero-order chi connectivity index (χ0) is 10.3. The normalized spacial score (nSPS) is 40.4. The zero-order valence-corrected chi connectivity index (χ0v) is 9.10. The Morgan fingerprint density at radius 1 is 1.50 bits per heavy atom. The molecule has 0 N–H and O–H groups in total. The van der Waals surface area contributed by atoms with E-state index in [1.807, 2.05) is 0 Å². The molecule has 0 aliphatic heterocycles. The molecule has 0 amide bonds. The third-order valence-corrected chi connectivity index (χ3v) is 4.20. The van der Waals surface area contributed by atoms with E-state index in [0.717, 1.165) is 24.8 Å². The summed E-state index contributed by atoms with van der Waals surface area (Å²) in [6.07, 6.45) is 6.24. The van der Waals surface area contributed by atoms with Gasteiger partial charge in [-0.25, -0.2) is 0 Å². The monoisotopic (exact) mass is 190 g/mol. The molecule has 2 rings (SSSR count). The maximum atomic E-state index is 11.6. The molecule has 0 saturated heterocycles. The van der Waals surface area contributed by atoms with E-state index < -0.39 is 0 Å². The van der Waals surface area contributed by atoms with Crippen LogP contribution in [0.5, 0.6) is 0 Å². The third kappa shape index (κ3) is 1.11. The second-order valence-electron chi connectivity index (χ2n) is 4.77. The highest BCUT2D eigenvalue weighted by Gasteiger charge is 2.47. The van der Waals surface area contributed by atoms with Crippen LogP contribution in [0.25, 0.3) is 0 Å². The molecule has 0 spiro atoms. The lowest BCUT2D eigenvalue weighted by molar-refractivity contribution is -0.118. The number of fused-ring (bicyclic) bond motifs is 1. The smallest absolute Gasteiger partial charge is 0.158 e. The lowest BCUT2D eigenvalue weighted by atomic mass is 9.65. The Labute approximate surface area is 85.9 Å². The van der Waals surface area contributed by atoms with E-state index in [2.05, 4.69) is 26.5 Å². The Morgan fingerprint density at radius 2 is 2.21 bits per heavy atom. The number of allylic oxidation sites excluding steroid dienone is 3. The summed E-state index contributed by atoms with van der Waals surface area (Å²) in [5.74, 6) is 0.722. The predicted molar refractivity (Wildman–Crippen MR) is 58.0 cm³/mol. The van der Waals surface area contributed by atoms with Crippen LogP contribution in [0.4, 0.5) is 0 Å². The molecule has 1 nitrogen and oxygen atoms in total. The topological polar surface area (TPSA) is 17.1 Å². The van der Waals surface area contributed by atoms with Gasteiger partial charge in [-0.2, -0.15) is 0 Å². The molecule has 0 aromatic carbocycles. The SMILES string of the molecule is C=C1C(=O)CC[C@@]2(C)C(=CC)CCC12. The van der Waals surface area contributed by atoms with Gasteiger partial charge in [-0.05, 0) is 43.1 Å². The van der Waals surface area contributed by atoms with Gasteiger partial charge < -0.3 is 0 Å². The molecule has 2 aliphatic carbocycles. The minimum absolute atomic E-state index is 0.250. The largest absolute Gasteiger partial charge is 0.295 e. The lowest BCUT2D eigenvalue weighted by Crippen LogP contribution is -2.33. The first-order valence-electron chi connectivity index (χ1n) is 5.47. The molecule has 0 bridgehead atoms. The summed E-state index contributed by atoms with van der Waals surface area (Å²) >= 11 is 0. The van der Waals surface area contributed by atoms with Crippen LogP contribution in [-0.4, -0.2) is 5.78 Å². The molecule has 76 valence electrons. The number of ketones is 1. The van der Waals surface area contributed by atoms with Crippen molar-refractivity contribution in [2.75, 3.05) is 0 Å². The summed E-state index contributed by atoms with van der Waals surface area (Å²) in [6, 6.07) is 0. The van der Waals surface area contributed by atoms with Gasteiger partial charge in [0.25, 0.3) is 0 Å². The quantitative estimate of drug-likeness (QED) is 0.423. The fourth-order valence-corrected chi connectivity index (χ4v) is 3.22. The van der Waals surface area contributed by atoms with Crippen LogP contribution in [-0.2, 0) is 4.79 Å². The Kier molecular flexibility index (Phi) is 2.13. The lowest BCUT2D eigenvalue weighted by Gasteiger charge is -2.38. The van der Waals surface area contributed by atoms with Crippen molar-refractivity contribution in [3.05, 3.63) is 23.8 Å². The standard InChI is InChI=1S/C13H18O/c1-4-10-5-6-11-9(2)12(14)7-8-13(10,11)3/h4,11H,2,5-8H2,1,3H3/t11?,13-/m0/s1. The molecular weight excluding hydrogens is 172 g/mol. The van der Waals surface area contributed by atoms with E-state index in [9.17, 15) is 4.79 Å². The van der Waals surface area contributed by atoms with Gasteiger partial charge in [0, 0.05) is 6.42 Å². The summed E-state index contributed by atoms with van der Waals surface area (Å²) in [5, 5.41) is 0. The average Bonchev–Trinajstić information content (AvgIpc) is 2.50. The number of carbonyl (C=O) groups excluding carboxylic acids is 1. The average molecular weight is 190 g/mol. The second kappa shape index (κ2) is 3.08. The Bertz CT molecular complexity index is 324. The van der Waals surface area contributed by atoms with Crippen LogP contribution in [0.2, 0.25) is 0 Å². The fraction of sp³-hybridized carbons (Fsp3) is 0.615. The maximum Gasteiger partial charge on any atom is 0.158 e. The van der Waals surface area contributed by atoms with Crippen LogP contribution in [0.3, 0.4) is 0 Å². The Morgan fingerprint density at radius 3 is 2.86 bits per heavy atom. The summed E-state index contributed by atoms with van der Waals surface area (Å²) < 4.78 is 0. The van der Waals surface area contributed by atoms with Crippen LogP contribution in [0, 0.1) is 11.3 Å². The molecule has 0 aromatic heterocycles. The van der Waals surface area contributed by atoms with Crippen molar-refractivity contribution in [3.63, 3.8) is 0 Å². The maximum absolute atomic E-state index is 11.6. The fourth-order valence-electron chi connectivity index (χ4n) is 3.22. The first-order valence-corrected chi connectivity index (χ1v) is 5.47. The minimum atomic E-state index is 0.250. The molecule has 1 heteroatoms. The van der Waals surface area contributed by atoms with Crippen LogP contribution in [0.1, 0.15) is 39.5 Å². The molecular formula is C13H18O. The van der Waals surface area contributed by atoms with E-state index in [4.69, 9.17) is 0 Å². The van der Waals surface area contributed by atoms with Crippen molar-refractivity contribution in [3.8, 4) is 0 Å². The van der Waals surface area contributed by atoms with Crippen molar-refractivity contribution in [2.45, 2.75) is 39.5 Å². The molecule has 2 fully saturated rings. The molecule has 14 heavy (non-hydrogen) atoms. The molecule has 0 aromatic rings. The minimum Gasteiger partial charge on any atom is -0.295 e. The number of hydrogen-bond donors (Lipinski definition) is 0. The van der Waals surface area contributed by atoms with E-state index in [-0.39, 0.29) is 5.41 Å². The van der Waals surface area contributed by atoms with Crippen LogP contribution < -0.4 is 0 Å². The second-order valence-corrected chi connectivity index (χ2v) is 4.77. The highest BCUT2D eigenvalue weighted by Crippen LogP contribution is 2.55. The first kappa shape index (κ1) is 9.70. The van der Waals surface area contributed by atoms with Gasteiger partial charge in [-0.15, -0.1) is 0 Å². The van der Waals surface area contributed by atoms with E-state index in [0.29, 0.717) is 18.1 Å². The number of rotatable bonds is 0. The first-order chi connectivity index (χ1) is 6.59. The van der Waals surface area contributed by atoms with Gasteiger partial charge in [0.05, 0.1) is 0 Å². The van der Waals surface area contributed by atoms with E-state index in [1.54, 1.807) is 0 Å². The Hall–Kier alpha value is -0.850. The molecule has 0 heterocycles. The van der Waals surface area contributed by atoms with Gasteiger partial charge in [-0.1, -0.05) is 25.2 Å². The van der Waals surface area contributed by atoms with Gasteiger partial charge in [-0.3, -0.25) is 4.79 Å². The van der Waals surface area contributed by atoms with Crippen molar-refractivity contribution in [2.24, 2.45) is 11.3 Å². The third-order valence-electron chi connectivity index (χ3n) is 4.20. The zero-order valence-electron chi connectivity index (χ0n) is 9.10. The van der Waals surface area contributed by atoms with Crippen molar-refractivity contribution >= 4 is 5.78 Å². The summed E-state index contributed by atoms with van der Waals surface area (Å²) in [4.78, 5) is 11.6. The van der Waals surface area contributed by atoms with Gasteiger partial charge in [0.1, 0.15) is 0 Å². The van der Waals surface area contributed by atoms with Crippen molar-refractivity contribution in [1.82, 2.24) is 0 Å². The molecule has 0 radical (unpaired) electrons. The number of carbonyl (C=O) groups is 1. The van der Waals surface area contributed by atoms with Crippen LogP contribution in [0.15, 0.2) is 23.8 Å². The molecule has 1 unspecified atom stereocenters. The highest BCUT2D eigenvalue weighted by molar-refractivity contribution is 5.96. The Balaban J connectivity index is 2.38. The van der Waals surface area contributed by atoms with Crippen molar-refractivity contribution in [1.29, 1.82) is 0 Å². The highest BCUT2D eigenvalue weighted by atomic mass is 16.1. The predicted octanol–water partition coefficient (Wildman–Crippen LogP) is 3.27. The van der Waals surface area contributed by atoms with Crippen molar-refractivity contribution < 1.29 is 4.79 Å². The van der Waals surface area contributed by atoms with Gasteiger partial charge in [0.2, 0.25) is 0 Å². The number of Topliss-reactive ketones (excluding diaryl/α,β-unsaturated/α-hetero) is 1. The van der Waals surface area contributed by atoms with E-state index in [1.165, 1.54) is 5.57 Å². The van der Waals surface area contributed by atoms with E-state index >= 15 is 0 Å². The number of hydrogen-bond acceptors (Lipinski definition) is 1. The molecule has 2 saturated carbocycles. The van der Waals surface area contributed by atoms with Crippen LogP contribution >= 0.6 is 0 Å². The molecule has 2 atom stereocenters. The molecule has 2 aliphatic rings. The summed E-state index contributed by atoms with van der Waals surface area (Å²) in [5.41, 5.74) is 2.67. The van der Waals surface area contributed by atoms with Gasteiger partial charge >= 0.3 is 0 Å². The summed E-state index contributed by atoms with van der Waals surface area (Å²) in [6.45, 7) is 8.39. The summed E-state index contributed by atoms with van der Waals surface area (Å²) in [7, 11) is 0. The van der Waals surface area contributed by atoms with Gasteiger partial charge in [0.15, 0.2) is 5.78 Å².